The number of carbonyl (C=O) groups excluding carboxylic acids is 2. The molecule has 9 heteroatoms. The second-order valence-electron chi connectivity index (χ2n) is 7.87. The number of thioether (sulfide) groups is 1. The first kappa shape index (κ1) is 22.1. The van der Waals surface area contributed by atoms with Gasteiger partial charge in [0, 0.05) is 16.9 Å². The van der Waals surface area contributed by atoms with E-state index in [1.165, 1.54) is 30.5 Å². The van der Waals surface area contributed by atoms with Crippen molar-refractivity contribution in [1.29, 1.82) is 0 Å². The maximum absolute atomic E-state index is 13.9. The summed E-state index contributed by atoms with van der Waals surface area (Å²) in [4.78, 5) is 27.3. The predicted octanol–water partition coefficient (Wildman–Crippen LogP) is 4.40. The van der Waals surface area contributed by atoms with Crippen molar-refractivity contribution in [1.82, 2.24) is 4.90 Å². The fourth-order valence-electron chi connectivity index (χ4n) is 2.41. The average molecular weight is 416 g/mol. The van der Waals surface area contributed by atoms with E-state index >= 15 is 0 Å². The van der Waals surface area contributed by atoms with Crippen molar-refractivity contribution < 1.29 is 27.5 Å². The Morgan fingerprint density at radius 1 is 1.11 bits per heavy atom. The lowest BCUT2D eigenvalue weighted by Gasteiger charge is -2.40. The molecule has 1 aromatic carbocycles. The minimum Gasteiger partial charge on any atom is -0.476 e. The molecule has 0 aliphatic carbocycles. The highest BCUT2D eigenvalue weighted by Crippen LogP contribution is 2.38. The van der Waals surface area contributed by atoms with E-state index in [1.807, 2.05) is 20.8 Å². The summed E-state index contributed by atoms with van der Waals surface area (Å²) in [6, 6.07) is 0.898. The van der Waals surface area contributed by atoms with E-state index in [9.17, 15) is 22.8 Å². The molecule has 1 heterocycles. The van der Waals surface area contributed by atoms with Crippen molar-refractivity contribution in [2.24, 2.45) is 0 Å². The predicted molar refractivity (Wildman–Crippen MR) is 102 cm³/mol. The molecule has 0 atom stereocenters. The summed E-state index contributed by atoms with van der Waals surface area (Å²) in [5.74, 6) is -4.48. The Hall–Kier alpha value is -2.16. The SMILES string of the molecule is CC1=C(SC(C)(C)C)C(=O)N(C(C)(C)C(=O)Nc2cc(F)c(F)cc2F)CO1. The van der Waals surface area contributed by atoms with Crippen LogP contribution in [0.25, 0.3) is 0 Å². The van der Waals surface area contributed by atoms with Crippen LogP contribution in [0.2, 0.25) is 0 Å². The first-order valence-corrected chi connectivity index (χ1v) is 9.36. The van der Waals surface area contributed by atoms with Gasteiger partial charge < -0.3 is 10.1 Å². The van der Waals surface area contributed by atoms with Crippen LogP contribution in [0.1, 0.15) is 41.5 Å². The van der Waals surface area contributed by atoms with Gasteiger partial charge in [-0.1, -0.05) is 20.8 Å². The second kappa shape index (κ2) is 7.69. The first-order valence-electron chi connectivity index (χ1n) is 8.54. The summed E-state index contributed by atoms with van der Waals surface area (Å²) < 4.78 is 45.6. The zero-order valence-corrected chi connectivity index (χ0v) is 17.4. The van der Waals surface area contributed by atoms with E-state index in [0.717, 1.165) is 0 Å². The van der Waals surface area contributed by atoms with Crippen LogP contribution in [0.15, 0.2) is 22.8 Å². The monoisotopic (exact) mass is 416 g/mol. The standard InChI is InChI=1S/C19H23F3N2O3S/c1-10-15(28-18(2,3)4)16(25)24(9-27-10)19(5,6)17(26)23-14-8-12(21)11(20)7-13(14)22/h7-8H,9H2,1-6H3,(H,23,26). The number of hydrogen-bond acceptors (Lipinski definition) is 4. The maximum atomic E-state index is 13.9. The van der Waals surface area contributed by atoms with Crippen LogP contribution >= 0.6 is 11.8 Å². The fraction of sp³-hybridized carbons (Fsp3) is 0.474. The third kappa shape index (κ3) is 4.63. The summed E-state index contributed by atoms with van der Waals surface area (Å²) in [6.45, 7) is 10.2. The van der Waals surface area contributed by atoms with E-state index in [0.29, 0.717) is 22.8 Å². The Labute approximate surface area is 166 Å². The molecule has 0 bridgehead atoms. The third-order valence-corrected chi connectivity index (χ3v) is 5.34. The van der Waals surface area contributed by atoms with Gasteiger partial charge in [0.05, 0.1) is 5.69 Å². The lowest BCUT2D eigenvalue weighted by atomic mass is 10.0. The summed E-state index contributed by atoms with van der Waals surface area (Å²) in [7, 11) is 0. The molecule has 1 aliphatic rings. The molecule has 1 aromatic rings. The van der Waals surface area contributed by atoms with Crippen molar-refractivity contribution >= 4 is 29.3 Å². The highest BCUT2D eigenvalue weighted by atomic mass is 32.2. The number of nitrogens with one attached hydrogen (secondary N) is 1. The molecule has 1 aliphatic heterocycles. The largest absolute Gasteiger partial charge is 0.476 e. The quantitative estimate of drug-likeness (QED) is 0.739. The Morgan fingerprint density at radius 3 is 2.25 bits per heavy atom. The van der Waals surface area contributed by atoms with Crippen molar-refractivity contribution in [2.45, 2.75) is 51.8 Å². The van der Waals surface area contributed by atoms with E-state index in [2.05, 4.69) is 5.32 Å². The molecule has 0 fully saturated rings. The Balaban J connectivity index is 2.27. The van der Waals surface area contributed by atoms with Crippen molar-refractivity contribution in [3.05, 3.63) is 40.2 Å². The van der Waals surface area contributed by atoms with Gasteiger partial charge in [-0.25, -0.2) is 13.2 Å². The zero-order valence-electron chi connectivity index (χ0n) is 16.6. The molecule has 0 radical (unpaired) electrons. The molecular weight excluding hydrogens is 393 g/mol. The molecule has 5 nitrogen and oxygen atoms in total. The Kier molecular flexibility index (Phi) is 6.08. The van der Waals surface area contributed by atoms with Gasteiger partial charge >= 0.3 is 0 Å². The van der Waals surface area contributed by atoms with Crippen LogP contribution in [0.4, 0.5) is 18.9 Å². The fourth-order valence-corrected chi connectivity index (χ4v) is 3.42. The Morgan fingerprint density at radius 2 is 1.68 bits per heavy atom. The van der Waals surface area contributed by atoms with Crippen LogP contribution in [-0.4, -0.2) is 33.7 Å². The minimum atomic E-state index is -1.45. The van der Waals surface area contributed by atoms with Crippen LogP contribution in [0, 0.1) is 17.5 Å². The molecule has 0 spiro atoms. The molecular formula is C19H23F3N2O3S. The number of halogens is 3. The molecule has 0 saturated carbocycles. The van der Waals surface area contributed by atoms with Crippen LogP contribution in [0.5, 0.6) is 0 Å². The Bertz CT molecular complexity index is 848. The highest BCUT2D eigenvalue weighted by Gasteiger charge is 2.43. The van der Waals surface area contributed by atoms with Gasteiger partial charge in [0.1, 0.15) is 22.0 Å². The summed E-state index contributed by atoms with van der Waals surface area (Å²) in [6.07, 6.45) is 0. The van der Waals surface area contributed by atoms with E-state index < -0.39 is 40.5 Å². The lowest BCUT2D eigenvalue weighted by Crippen LogP contribution is -2.57. The topological polar surface area (TPSA) is 58.6 Å². The second-order valence-corrected chi connectivity index (χ2v) is 9.70. The van der Waals surface area contributed by atoms with Gasteiger partial charge in [-0.3, -0.25) is 14.5 Å². The van der Waals surface area contributed by atoms with E-state index in [-0.39, 0.29) is 11.5 Å². The van der Waals surface area contributed by atoms with Gasteiger partial charge in [-0.05, 0) is 20.8 Å². The molecule has 154 valence electrons. The van der Waals surface area contributed by atoms with Gasteiger partial charge in [-0.15, -0.1) is 11.8 Å². The van der Waals surface area contributed by atoms with Crippen molar-refractivity contribution in [3.8, 4) is 0 Å². The zero-order chi connectivity index (χ0) is 21.4. The number of rotatable bonds is 4. The van der Waals surface area contributed by atoms with Crippen molar-refractivity contribution in [3.63, 3.8) is 0 Å². The number of anilines is 1. The number of hydrogen-bond donors (Lipinski definition) is 1. The molecule has 2 rings (SSSR count). The maximum Gasteiger partial charge on any atom is 0.267 e. The van der Waals surface area contributed by atoms with Crippen LogP contribution in [-0.2, 0) is 14.3 Å². The third-order valence-electron chi connectivity index (χ3n) is 4.07. The minimum absolute atomic E-state index is 0.167. The normalized spacial score (nSPS) is 15.6. The highest BCUT2D eigenvalue weighted by molar-refractivity contribution is 8.05. The number of carbonyl (C=O) groups is 2. The van der Waals surface area contributed by atoms with Gasteiger partial charge in [0.15, 0.2) is 18.4 Å². The van der Waals surface area contributed by atoms with Crippen LogP contribution in [0.3, 0.4) is 0 Å². The first-order chi connectivity index (χ1) is 12.7. The number of ether oxygens (including phenoxy) is 1. The van der Waals surface area contributed by atoms with Crippen molar-refractivity contribution in [2.75, 3.05) is 12.0 Å². The van der Waals surface area contributed by atoms with Gasteiger partial charge in [-0.2, -0.15) is 0 Å². The molecule has 0 unspecified atom stereocenters. The summed E-state index contributed by atoms with van der Waals surface area (Å²) in [5.41, 5.74) is -1.96. The molecule has 1 N–H and O–H groups in total. The van der Waals surface area contributed by atoms with Gasteiger partial charge in [0.25, 0.3) is 5.91 Å². The molecule has 28 heavy (non-hydrogen) atoms. The summed E-state index contributed by atoms with van der Waals surface area (Å²) in [5, 5.41) is 2.22. The van der Waals surface area contributed by atoms with Crippen LogP contribution < -0.4 is 5.32 Å². The number of nitrogens with zero attached hydrogens (tertiary/aromatic N) is 1. The van der Waals surface area contributed by atoms with Gasteiger partial charge in [0.2, 0.25) is 5.91 Å². The number of allylic oxidation sites excluding steroid dienone is 1. The molecule has 0 aromatic heterocycles. The number of amides is 2. The molecule has 0 saturated heterocycles. The van der Waals surface area contributed by atoms with E-state index in [1.54, 1.807) is 6.92 Å². The number of benzene rings is 1. The smallest absolute Gasteiger partial charge is 0.267 e. The lowest BCUT2D eigenvalue weighted by molar-refractivity contribution is -0.148. The summed E-state index contributed by atoms with van der Waals surface area (Å²) >= 11 is 1.32. The average Bonchev–Trinajstić information content (AvgIpc) is 2.55. The molecule has 2 amide bonds. The van der Waals surface area contributed by atoms with E-state index in [4.69, 9.17) is 4.74 Å².